The van der Waals surface area contributed by atoms with Crippen molar-refractivity contribution in [3.05, 3.63) is 15.5 Å². The number of hydrogen-bond acceptors (Lipinski definition) is 5. The molecule has 11 heteroatoms. The number of alkyl halides is 3. The standard InChI is InChI=1S/C6H7ClN2O2S.C2HF3O2/c7-6-9-3(2-12-6)1-4(8)5(10)11;3-2(4,5)1(6)7/h2,4H,1,8H2,(H,10,11);(H,6,7). The lowest BCUT2D eigenvalue weighted by Gasteiger charge is -2.01. The van der Waals surface area contributed by atoms with Gasteiger partial charge in [-0.3, -0.25) is 4.79 Å². The molecule has 0 aromatic carbocycles. The minimum atomic E-state index is -5.08. The van der Waals surface area contributed by atoms with Crippen LogP contribution in [0.3, 0.4) is 0 Å². The molecule has 0 bridgehead atoms. The van der Waals surface area contributed by atoms with Crippen LogP contribution in [-0.4, -0.2) is 39.4 Å². The first kappa shape index (κ1) is 17.6. The largest absolute Gasteiger partial charge is 0.490 e. The zero-order valence-corrected chi connectivity index (χ0v) is 10.6. The highest BCUT2D eigenvalue weighted by Gasteiger charge is 2.38. The van der Waals surface area contributed by atoms with Gasteiger partial charge in [0.15, 0.2) is 4.47 Å². The summed E-state index contributed by atoms with van der Waals surface area (Å²) in [5, 5.41) is 17.3. The first-order chi connectivity index (χ1) is 8.54. The molecule has 0 fully saturated rings. The Morgan fingerprint density at radius 3 is 2.21 bits per heavy atom. The van der Waals surface area contributed by atoms with Gasteiger partial charge in [-0.2, -0.15) is 13.2 Å². The van der Waals surface area contributed by atoms with Gasteiger partial charge in [-0.05, 0) is 0 Å². The number of carbonyl (C=O) groups is 2. The van der Waals surface area contributed by atoms with E-state index in [0.29, 0.717) is 10.2 Å². The van der Waals surface area contributed by atoms with Crippen molar-refractivity contribution in [1.29, 1.82) is 0 Å². The van der Waals surface area contributed by atoms with Gasteiger partial charge in [0.2, 0.25) is 0 Å². The molecular weight excluding hydrogens is 313 g/mol. The van der Waals surface area contributed by atoms with E-state index in [9.17, 15) is 18.0 Å². The Balaban J connectivity index is 0.000000399. The smallest absolute Gasteiger partial charge is 0.480 e. The first-order valence-electron chi connectivity index (χ1n) is 4.42. The Labute approximate surface area is 113 Å². The van der Waals surface area contributed by atoms with E-state index in [1.807, 2.05) is 0 Å². The van der Waals surface area contributed by atoms with Gasteiger partial charge in [0.05, 0.1) is 5.69 Å². The van der Waals surface area contributed by atoms with Crippen LogP contribution in [0, 0.1) is 0 Å². The van der Waals surface area contributed by atoms with E-state index in [1.54, 1.807) is 5.38 Å². The number of carboxylic acid groups (broad SMARTS) is 2. The number of rotatable bonds is 3. The molecule has 1 aromatic heterocycles. The molecule has 1 aromatic rings. The molecule has 108 valence electrons. The summed E-state index contributed by atoms with van der Waals surface area (Å²) in [5.41, 5.74) is 5.90. The van der Waals surface area contributed by atoms with Gasteiger partial charge in [-0.15, -0.1) is 11.3 Å². The Hall–Kier alpha value is -1.39. The van der Waals surface area contributed by atoms with E-state index in [-0.39, 0.29) is 6.42 Å². The first-order valence-corrected chi connectivity index (χ1v) is 5.68. The van der Waals surface area contributed by atoms with Crippen molar-refractivity contribution in [3.63, 3.8) is 0 Å². The molecule has 6 nitrogen and oxygen atoms in total. The third-order valence-electron chi connectivity index (χ3n) is 1.51. The molecule has 19 heavy (non-hydrogen) atoms. The predicted octanol–water partition coefficient (Wildman–Crippen LogP) is 1.38. The fourth-order valence-corrected chi connectivity index (χ4v) is 1.48. The fraction of sp³-hybridized carbons (Fsp3) is 0.375. The molecule has 0 radical (unpaired) electrons. The number of carboxylic acids is 2. The number of thiazole rings is 1. The summed E-state index contributed by atoms with van der Waals surface area (Å²) in [4.78, 5) is 23.1. The van der Waals surface area contributed by atoms with Crippen molar-refractivity contribution >= 4 is 34.9 Å². The van der Waals surface area contributed by atoms with Crippen molar-refractivity contribution in [2.24, 2.45) is 5.73 Å². The summed E-state index contributed by atoms with van der Waals surface area (Å²) < 4.78 is 32.1. The molecule has 0 aliphatic heterocycles. The molecule has 0 spiro atoms. The maximum Gasteiger partial charge on any atom is 0.490 e. The maximum atomic E-state index is 10.6. The number of halogens is 4. The van der Waals surface area contributed by atoms with Crippen LogP contribution < -0.4 is 5.73 Å². The molecule has 1 atom stereocenters. The van der Waals surface area contributed by atoms with Crippen LogP contribution in [0.5, 0.6) is 0 Å². The zero-order valence-electron chi connectivity index (χ0n) is 9.02. The van der Waals surface area contributed by atoms with E-state index in [4.69, 9.17) is 32.3 Å². The topological polar surface area (TPSA) is 114 Å². The highest BCUT2D eigenvalue weighted by molar-refractivity contribution is 7.13. The number of aromatic nitrogens is 1. The van der Waals surface area contributed by atoms with Gasteiger partial charge in [0, 0.05) is 11.8 Å². The minimum absolute atomic E-state index is 0.221. The fourth-order valence-electron chi connectivity index (χ4n) is 0.689. The predicted molar refractivity (Wildman–Crippen MR) is 60.1 cm³/mol. The van der Waals surface area contributed by atoms with E-state index in [0.717, 1.165) is 0 Å². The third-order valence-corrected chi connectivity index (χ3v) is 2.54. The number of nitrogens with two attached hydrogens (primary N) is 1. The number of nitrogens with zero attached hydrogens (tertiary/aromatic N) is 1. The Morgan fingerprint density at radius 2 is 1.95 bits per heavy atom. The molecule has 0 saturated carbocycles. The lowest BCUT2D eigenvalue weighted by atomic mass is 10.2. The van der Waals surface area contributed by atoms with E-state index in [2.05, 4.69) is 4.98 Å². The lowest BCUT2D eigenvalue weighted by molar-refractivity contribution is -0.192. The quantitative estimate of drug-likeness (QED) is 0.775. The summed E-state index contributed by atoms with van der Waals surface area (Å²) in [6.07, 6.45) is -4.86. The molecule has 0 amide bonds. The maximum absolute atomic E-state index is 10.6. The average Bonchev–Trinajstić information content (AvgIpc) is 2.63. The van der Waals surface area contributed by atoms with Crippen molar-refractivity contribution in [2.45, 2.75) is 18.6 Å². The van der Waals surface area contributed by atoms with Gasteiger partial charge in [-0.25, -0.2) is 9.78 Å². The average molecular weight is 321 g/mol. The second-order valence-electron chi connectivity index (χ2n) is 3.04. The van der Waals surface area contributed by atoms with Crippen LogP contribution in [0.15, 0.2) is 5.38 Å². The Kier molecular flexibility index (Phi) is 6.73. The van der Waals surface area contributed by atoms with Crippen LogP contribution >= 0.6 is 22.9 Å². The molecule has 1 rings (SSSR count). The Bertz CT molecular complexity index is 451. The summed E-state index contributed by atoms with van der Waals surface area (Å²) in [5.74, 6) is -3.79. The summed E-state index contributed by atoms with van der Waals surface area (Å²) in [6, 6.07) is -0.900. The van der Waals surface area contributed by atoms with Gasteiger partial charge in [0.1, 0.15) is 6.04 Å². The van der Waals surface area contributed by atoms with Crippen LogP contribution in [0.4, 0.5) is 13.2 Å². The normalized spacial score (nSPS) is 12.3. The molecule has 0 saturated heterocycles. The summed E-state index contributed by atoms with van der Waals surface area (Å²) in [7, 11) is 0. The van der Waals surface area contributed by atoms with Crippen molar-refractivity contribution in [3.8, 4) is 0 Å². The molecule has 4 N–H and O–H groups in total. The van der Waals surface area contributed by atoms with Gasteiger partial charge >= 0.3 is 18.1 Å². The second kappa shape index (κ2) is 7.26. The highest BCUT2D eigenvalue weighted by atomic mass is 35.5. The number of aliphatic carboxylic acids is 2. The van der Waals surface area contributed by atoms with Crippen molar-refractivity contribution < 1.29 is 33.0 Å². The summed E-state index contributed by atoms with van der Waals surface area (Å²) >= 11 is 6.81. The van der Waals surface area contributed by atoms with E-state index < -0.39 is 24.2 Å². The van der Waals surface area contributed by atoms with Crippen molar-refractivity contribution in [2.75, 3.05) is 0 Å². The van der Waals surface area contributed by atoms with Gasteiger partial charge < -0.3 is 15.9 Å². The molecule has 1 unspecified atom stereocenters. The van der Waals surface area contributed by atoms with E-state index >= 15 is 0 Å². The zero-order chi connectivity index (χ0) is 15.2. The molecule has 0 aliphatic carbocycles. The molecule has 1 heterocycles. The third kappa shape index (κ3) is 7.59. The van der Waals surface area contributed by atoms with Crippen LogP contribution in [0.2, 0.25) is 4.47 Å². The Morgan fingerprint density at radius 1 is 1.47 bits per heavy atom. The van der Waals surface area contributed by atoms with E-state index in [1.165, 1.54) is 11.3 Å². The van der Waals surface area contributed by atoms with Gasteiger partial charge in [-0.1, -0.05) is 11.6 Å². The summed E-state index contributed by atoms with van der Waals surface area (Å²) in [6.45, 7) is 0. The minimum Gasteiger partial charge on any atom is -0.480 e. The van der Waals surface area contributed by atoms with Crippen LogP contribution in [-0.2, 0) is 16.0 Å². The van der Waals surface area contributed by atoms with Crippen molar-refractivity contribution in [1.82, 2.24) is 4.98 Å². The molecule has 0 aliphatic rings. The second-order valence-corrected chi connectivity index (χ2v) is 4.48. The monoisotopic (exact) mass is 320 g/mol. The van der Waals surface area contributed by atoms with Crippen LogP contribution in [0.25, 0.3) is 0 Å². The van der Waals surface area contributed by atoms with Crippen LogP contribution in [0.1, 0.15) is 5.69 Å². The SMILES string of the molecule is NC(Cc1csc(Cl)n1)C(=O)O.O=C(O)C(F)(F)F. The number of hydrogen-bond donors (Lipinski definition) is 3. The lowest BCUT2D eigenvalue weighted by Crippen LogP contribution is -2.32. The molecular formula is C8H8ClF3N2O4S. The highest BCUT2D eigenvalue weighted by Crippen LogP contribution is 2.15. The van der Waals surface area contributed by atoms with Gasteiger partial charge in [0.25, 0.3) is 0 Å².